The molecule has 0 aliphatic heterocycles. The second kappa shape index (κ2) is 10.2. The molecule has 1 atom stereocenters. The van der Waals surface area contributed by atoms with Crippen molar-refractivity contribution in [3.8, 4) is 0 Å². The molecule has 0 aliphatic rings. The number of anilines is 1. The van der Waals surface area contributed by atoms with Crippen LogP contribution in [-0.2, 0) is 11.2 Å². The average molecular weight is 425 g/mol. The molecule has 1 heterocycles. The molecule has 2 N–H and O–H groups in total. The SMILES string of the molecule is CCOC(=O)c1cc(Cc2ccccc2)sc1NC(=S)NC(C)c1ccccc1. The predicted octanol–water partition coefficient (Wildman–Crippen LogP) is 5.56. The van der Waals surface area contributed by atoms with Crippen LogP contribution in [0.3, 0.4) is 0 Å². The Balaban J connectivity index is 1.75. The van der Waals surface area contributed by atoms with Gasteiger partial charge in [-0.2, -0.15) is 0 Å². The number of ether oxygens (including phenoxy) is 1. The van der Waals surface area contributed by atoms with E-state index in [1.807, 2.05) is 61.5 Å². The minimum atomic E-state index is -0.343. The molecule has 4 nitrogen and oxygen atoms in total. The number of carbonyl (C=O) groups is 1. The quantitative estimate of drug-likeness (QED) is 0.384. The fourth-order valence-electron chi connectivity index (χ4n) is 2.94. The third-order valence-corrected chi connectivity index (χ3v) is 5.64. The standard InChI is InChI=1S/C23H24N2O2S2/c1-3-27-22(26)20-15-19(14-17-10-6-4-7-11-17)29-21(20)25-23(28)24-16(2)18-12-8-5-9-13-18/h4-13,15-16H,3,14H2,1-2H3,(H2,24,25,28). The number of thiophene rings is 1. The number of hydrogen-bond donors (Lipinski definition) is 2. The summed E-state index contributed by atoms with van der Waals surface area (Å²) in [5, 5.41) is 7.64. The van der Waals surface area contributed by atoms with Gasteiger partial charge in [0.1, 0.15) is 5.00 Å². The third kappa shape index (κ3) is 5.89. The first kappa shape index (κ1) is 21.0. The van der Waals surface area contributed by atoms with E-state index in [1.165, 1.54) is 16.9 Å². The Morgan fingerprint density at radius 2 is 1.76 bits per heavy atom. The molecule has 0 aliphatic carbocycles. The first-order valence-corrected chi connectivity index (χ1v) is 10.8. The maximum absolute atomic E-state index is 12.4. The third-order valence-electron chi connectivity index (χ3n) is 4.37. The highest BCUT2D eigenvalue weighted by molar-refractivity contribution is 7.80. The number of thiocarbonyl (C=S) groups is 1. The van der Waals surface area contributed by atoms with Gasteiger partial charge in [-0.15, -0.1) is 11.3 Å². The summed E-state index contributed by atoms with van der Waals surface area (Å²) in [4.78, 5) is 13.5. The van der Waals surface area contributed by atoms with E-state index in [0.29, 0.717) is 22.3 Å². The molecule has 3 aromatic rings. The van der Waals surface area contributed by atoms with E-state index in [-0.39, 0.29) is 12.0 Å². The Hall–Kier alpha value is -2.70. The largest absolute Gasteiger partial charge is 0.462 e. The fraction of sp³-hybridized carbons (Fsp3) is 0.217. The van der Waals surface area contributed by atoms with Crippen LogP contribution in [-0.4, -0.2) is 17.7 Å². The van der Waals surface area contributed by atoms with Crippen molar-refractivity contribution in [2.24, 2.45) is 0 Å². The van der Waals surface area contributed by atoms with Gasteiger partial charge in [-0.25, -0.2) is 4.79 Å². The molecule has 0 saturated heterocycles. The van der Waals surface area contributed by atoms with E-state index in [4.69, 9.17) is 17.0 Å². The zero-order valence-electron chi connectivity index (χ0n) is 16.5. The Kier molecular flexibility index (Phi) is 7.38. The Morgan fingerprint density at radius 3 is 2.41 bits per heavy atom. The first-order valence-electron chi connectivity index (χ1n) is 9.53. The molecule has 0 bridgehead atoms. The van der Waals surface area contributed by atoms with Crippen LogP contribution < -0.4 is 10.6 Å². The zero-order chi connectivity index (χ0) is 20.6. The Morgan fingerprint density at radius 1 is 1.10 bits per heavy atom. The highest BCUT2D eigenvalue weighted by Crippen LogP contribution is 2.31. The molecule has 0 spiro atoms. The maximum Gasteiger partial charge on any atom is 0.341 e. The van der Waals surface area contributed by atoms with Crippen molar-refractivity contribution in [2.75, 3.05) is 11.9 Å². The van der Waals surface area contributed by atoms with E-state index in [2.05, 4.69) is 22.8 Å². The Bertz CT molecular complexity index is 956. The molecule has 1 unspecified atom stereocenters. The summed E-state index contributed by atoms with van der Waals surface area (Å²) >= 11 is 7.01. The number of carbonyl (C=O) groups excluding carboxylic acids is 1. The highest BCUT2D eigenvalue weighted by atomic mass is 32.1. The van der Waals surface area contributed by atoms with Crippen LogP contribution in [0.2, 0.25) is 0 Å². The lowest BCUT2D eigenvalue weighted by Gasteiger charge is -2.17. The molecule has 1 aromatic heterocycles. The van der Waals surface area contributed by atoms with Gasteiger partial charge in [0, 0.05) is 11.3 Å². The second-order valence-electron chi connectivity index (χ2n) is 6.57. The monoisotopic (exact) mass is 424 g/mol. The summed E-state index contributed by atoms with van der Waals surface area (Å²) in [6.07, 6.45) is 0.750. The molecule has 6 heteroatoms. The summed E-state index contributed by atoms with van der Waals surface area (Å²) < 4.78 is 5.23. The fourth-order valence-corrected chi connectivity index (χ4v) is 4.37. The molecule has 150 valence electrons. The van der Waals surface area contributed by atoms with Crippen molar-refractivity contribution in [1.29, 1.82) is 0 Å². The highest BCUT2D eigenvalue weighted by Gasteiger charge is 2.19. The van der Waals surface area contributed by atoms with Crippen LogP contribution in [0.4, 0.5) is 5.00 Å². The lowest BCUT2D eigenvalue weighted by atomic mass is 10.1. The van der Waals surface area contributed by atoms with Crippen molar-refractivity contribution < 1.29 is 9.53 Å². The van der Waals surface area contributed by atoms with Crippen LogP contribution in [0.1, 0.15) is 46.3 Å². The van der Waals surface area contributed by atoms with Crippen molar-refractivity contribution in [3.63, 3.8) is 0 Å². The lowest BCUT2D eigenvalue weighted by molar-refractivity contribution is 0.0528. The summed E-state index contributed by atoms with van der Waals surface area (Å²) in [6, 6.07) is 22.2. The van der Waals surface area contributed by atoms with Gasteiger partial charge >= 0.3 is 5.97 Å². The second-order valence-corrected chi connectivity index (χ2v) is 8.11. The lowest BCUT2D eigenvalue weighted by Crippen LogP contribution is -2.31. The van der Waals surface area contributed by atoms with Crippen molar-refractivity contribution >= 4 is 39.6 Å². The van der Waals surface area contributed by atoms with E-state index < -0.39 is 0 Å². The first-order chi connectivity index (χ1) is 14.1. The van der Waals surface area contributed by atoms with Gasteiger partial charge in [-0.3, -0.25) is 0 Å². The van der Waals surface area contributed by atoms with Crippen LogP contribution in [0.5, 0.6) is 0 Å². The number of hydrogen-bond acceptors (Lipinski definition) is 4. The normalized spacial score (nSPS) is 11.5. The van der Waals surface area contributed by atoms with E-state index in [9.17, 15) is 4.79 Å². The summed E-state index contributed by atoms with van der Waals surface area (Å²) in [7, 11) is 0. The molecule has 29 heavy (non-hydrogen) atoms. The van der Waals surface area contributed by atoms with Gasteiger partial charge in [0.15, 0.2) is 5.11 Å². The van der Waals surface area contributed by atoms with Crippen LogP contribution >= 0.6 is 23.6 Å². The van der Waals surface area contributed by atoms with Crippen LogP contribution in [0, 0.1) is 0 Å². The van der Waals surface area contributed by atoms with Crippen molar-refractivity contribution in [3.05, 3.63) is 88.3 Å². The summed E-state index contributed by atoms with van der Waals surface area (Å²) in [5.74, 6) is -0.343. The van der Waals surface area contributed by atoms with Crippen molar-refractivity contribution in [1.82, 2.24) is 5.32 Å². The Labute approximate surface area is 180 Å². The average Bonchev–Trinajstić information content (AvgIpc) is 3.11. The summed E-state index contributed by atoms with van der Waals surface area (Å²) in [5.41, 5.74) is 2.84. The number of benzene rings is 2. The van der Waals surface area contributed by atoms with E-state index in [0.717, 1.165) is 16.9 Å². The van der Waals surface area contributed by atoms with E-state index >= 15 is 0 Å². The number of nitrogens with one attached hydrogen (secondary N) is 2. The molecule has 2 aromatic carbocycles. The molecular weight excluding hydrogens is 400 g/mol. The zero-order valence-corrected chi connectivity index (χ0v) is 18.1. The van der Waals surface area contributed by atoms with Gasteiger partial charge in [-0.05, 0) is 43.3 Å². The molecule has 0 saturated carbocycles. The molecule has 0 amide bonds. The predicted molar refractivity (Wildman–Crippen MR) is 124 cm³/mol. The topological polar surface area (TPSA) is 50.4 Å². The molecular formula is C23H24N2O2S2. The van der Waals surface area contributed by atoms with Gasteiger partial charge in [0.25, 0.3) is 0 Å². The number of esters is 1. The van der Waals surface area contributed by atoms with Gasteiger partial charge in [-0.1, -0.05) is 60.7 Å². The van der Waals surface area contributed by atoms with Gasteiger partial charge < -0.3 is 15.4 Å². The smallest absolute Gasteiger partial charge is 0.341 e. The molecule has 0 radical (unpaired) electrons. The van der Waals surface area contributed by atoms with E-state index in [1.54, 1.807) is 6.92 Å². The molecule has 0 fully saturated rings. The minimum Gasteiger partial charge on any atom is -0.462 e. The van der Waals surface area contributed by atoms with Crippen LogP contribution in [0.25, 0.3) is 0 Å². The van der Waals surface area contributed by atoms with Gasteiger partial charge in [0.05, 0.1) is 18.2 Å². The summed E-state index contributed by atoms with van der Waals surface area (Å²) in [6.45, 7) is 4.18. The molecule has 3 rings (SSSR count). The van der Waals surface area contributed by atoms with Crippen LogP contribution in [0.15, 0.2) is 66.7 Å². The maximum atomic E-state index is 12.4. The minimum absolute atomic E-state index is 0.0472. The van der Waals surface area contributed by atoms with Gasteiger partial charge in [0.2, 0.25) is 0 Å². The van der Waals surface area contributed by atoms with Crippen molar-refractivity contribution in [2.45, 2.75) is 26.3 Å². The number of rotatable bonds is 7.